The number of pyridine rings is 1. The number of carbonyl (C=O) groups is 1. The monoisotopic (exact) mass is 341 g/mol. The van der Waals surface area contributed by atoms with Crippen molar-refractivity contribution in [3.8, 4) is 11.5 Å². The third-order valence-electron chi connectivity index (χ3n) is 4.11. The fourth-order valence-electron chi connectivity index (χ4n) is 2.73. The Kier molecular flexibility index (Phi) is 5.07. The van der Waals surface area contributed by atoms with Crippen LogP contribution in [0.5, 0.6) is 11.5 Å². The van der Waals surface area contributed by atoms with Crippen LogP contribution in [0.15, 0.2) is 42.6 Å². The van der Waals surface area contributed by atoms with Crippen LogP contribution >= 0.6 is 0 Å². The minimum Gasteiger partial charge on any atom is -0.486 e. The van der Waals surface area contributed by atoms with E-state index in [1.165, 1.54) is 0 Å². The van der Waals surface area contributed by atoms with E-state index in [0.29, 0.717) is 25.3 Å². The predicted molar refractivity (Wildman–Crippen MR) is 96.5 cm³/mol. The van der Waals surface area contributed by atoms with Crippen molar-refractivity contribution >= 4 is 11.7 Å². The molecule has 132 valence electrons. The number of nitrogens with zero attached hydrogens (tertiary/aromatic N) is 3. The maximum Gasteiger partial charge on any atom is 0.254 e. The molecule has 0 saturated carbocycles. The highest BCUT2D eigenvalue weighted by molar-refractivity contribution is 5.94. The van der Waals surface area contributed by atoms with Gasteiger partial charge in [0, 0.05) is 32.4 Å². The molecule has 1 aromatic carbocycles. The van der Waals surface area contributed by atoms with Crippen LogP contribution in [0.1, 0.15) is 17.3 Å². The van der Waals surface area contributed by atoms with E-state index in [2.05, 4.69) is 4.98 Å². The van der Waals surface area contributed by atoms with E-state index < -0.39 is 0 Å². The summed E-state index contributed by atoms with van der Waals surface area (Å²) in [6.07, 6.45) is 1.47. The highest BCUT2D eigenvalue weighted by Crippen LogP contribution is 2.31. The molecule has 1 aromatic heterocycles. The summed E-state index contributed by atoms with van der Waals surface area (Å²) in [5.74, 6) is 2.20. The lowest BCUT2D eigenvalue weighted by molar-refractivity contribution is 0.0475. The molecule has 3 rings (SSSR count). The van der Waals surface area contributed by atoms with E-state index in [-0.39, 0.29) is 12.0 Å². The standard InChI is InChI=1S/C19H23N3O3/c1-4-22(19(23)14-9-10-20-18(11-14)21(2)3)12-15-13-24-16-7-5-6-8-17(16)25-15/h5-11,15H,4,12-13H2,1-3H3/t15-/m1/s1. The summed E-state index contributed by atoms with van der Waals surface area (Å²) in [4.78, 5) is 20.8. The van der Waals surface area contributed by atoms with Gasteiger partial charge in [-0.1, -0.05) is 12.1 Å². The number of benzene rings is 1. The summed E-state index contributed by atoms with van der Waals surface area (Å²) >= 11 is 0. The van der Waals surface area contributed by atoms with Crippen molar-refractivity contribution < 1.29 is 14.3 Å². The molecule has 0 spiro atoms. The van der Waals surface area contributed by atoms with Crippen LogP contribution in [-0.4, -0.2) is 55.7 Å². The molecule has 1 aliphatic rings. The van der Waals surface area contributed by atoms with Crippen LogP contribution in [0.25, 0.3) is 0 Å². The van der Waals surface area contributed by atoms with Gasteiger partial charge in [0.1, 0.15) is 12.4 Å². The number of anilines is 1. The summed E-state index contributed by atoms with van der Waals surface area (Å²) in [6.45, 7) is 3.47. The van der Waals surface area contributed by atoms with Gasteiger partial charge in [0.25, 0.3) is 5.91 Å². The fourth-order valence-corrected chi connectivity index (χ4v) is 2.73. The number of likely N-dealkylation sites (N-methyl/N-ethyl adjacent to an activating group) is 1. The molecule has 0 N–H and O–H groups in total. The number of aromatic nitrogens is 1. The fraction of sp³-hybridized carbons (Fsp3) is 0.368. The Bertz CT molecular complexity index is 748. The first kappa shape index (κ1) is 17.1. The van der Waals surface area contributed by atoms with Gasteiger partial charge >= 0.3 is 0 Å². The lowest BCUT2D eigenvalue weighted by atomic mass is 10.2. The summed E-state index contributed by atoms with van der Waals surface area (Å²) in [7, 11) is 3.80. The van der Waals surface area contributed by atoms with E-state index in [9.17, 15) is 4.79 Å². The molecule has 0 bridgehead atoms. The SMILES string of the molecule is CCN(C[C@@H]1COc2ccccc2O1)C(=O)c1ccnc(N(C)C)c1. The Hall–Kier alpha value is -2.76. The molecule has 1 amide bonds. The van der Waals surface area contributed by atoms with Gasteiger partial charge in [-0.05, 0) is 31.2 Å². The van der Waals surface area contributed by atoms with Gasteiger partial charge in [0.2, 0.25) is 0 Å². The van der Waals surface area contributed by atoms with E-state index in [1.54, 1.807) is 23.2 Å². The van der Waals surface area contributed by atoms with Crippen LogP contribution in [0.3, 0.4) is 0 Å². The second-order valence-corrected chi connectivity index (χ2v) is 6.14. The average Bonchev–Trinajstić information content (AvgIpc) is 2.65. The number of ether oxygens (including phenoxy) is 2. The second-order valence-electron chi connectivity index (χ2n) is 6.14. The van der Waals surface area contributed by atoms with Crippen molar-refractivity contribution in [2.24, 2.45) is 0 Å². The van der Waals surface area contributed by atoms with E-state index in [4.69, 9.17) is 9.47 Å². The summed E-state index contributed by atoms with van der Waals surface area (Å²) in [5, 5.41) is 0. The predicted octanol–water partition coefficient (Wildman–Crippen LogP) is 2.45. The maximum absolute atomic E-state index is 12.9. The number of hydrogen-bond donors (Lipinski definition) is 0. The number of fused-ring (bicyclic) bond motifs is 1. The van der Waals surface area contributed by atoms with E-state index >= 15 is 0 Å². The van der Waals surface area contributed by atoms with Crippen LogP contribution < -0.4 is 14.4 Å². The number of rotatable bonds is 5. The molecular weight excluding hydrogens is 318 g/mol. The largest absolute Gasteiger partial charge is 0.486 e. The molecule has 6 heteroatoms. The molecule has 0 aliphatic carbocycles. The minimum atomic E-state index is -0.186. The van der Waals surface area contributed by atoms with Gasteiger partial charge in [-0.2, -0.15) is 0 Å². The van der Waals surface area contributed by atoms with Crippen molar-refractivity contribution in [3.05, 3.63) is 48.2 Å². The first-order valence-corrected chi connectivity index (χ1v) is 8.39. The van der Waals surface area contributed by atoms with Crippen LogP contribution in [0.4, 0.5) is 5.82 Å². The summed E-state index contributed by atoms with van der Waals surface area (Å²) in [6, 6.07) is 11.1. The van der Waals surface area contributed by atoms with E-state index in [0.717, 1.165) is 17.3 Å². The Morgan fingerprint density at radius 1 is 1.24 bits per heavy atom. The molecule has 0 radical (unpaired) electrons. The van der Waals surface area contributed by atoms with Crippen molar-refractivity contribution in [2.75, 3.05) is 38.7 Å². The van der Waals surface area contributed by atoms with Gasteiger partial charge in [0.05, 0.1) is 6.54 Å². The van der Waals surface area contributed by atoms with Crippen molar-refractivity contribution in [1.29, 1.82) is 0 Å². The van der Waals surface area contributed by atoms with Gasteiger partial charge in [-0.3, -0.25) is 4.79 Å². The normalized spacial score (nSPS) is 15.6. The zero-order valence-electron chi connectivity index (χ0n) is 14.8. The Morgan fingerprint density at radius 3 is 2.72 bits per heavy atom. The van der Waals surface area contributed by atoms with Gasteiger partial charge in [-0.15, -0.1) is 0 Å². The van der Waals surface area contributed by atoms with Crippen LogP contribution in [-0.2, 0) is 0 Å². The molecule has 2 aromatic rings. The quantitative estimate of drug-likeness (QED) is 0.836. The number of amides is 1. The summed E-state index contributed by atoms with van der Waals surface area (Å²) in [5.41, 5.74) is 0.623. The molecule has 0 saturated heterocycles. The van der Waals surface area contributed by atoms with Crippen molar-refractivity contribution in [3.63, 3.8) is 0 Å². The first-order chi connectivity index (χ1) is 12.1. The van der Waals surface area contributed by atoms with Gasteiger partial charge in [0.15, 0.2) is 17.6 Å². The van der Waals surface area contributed by atoms with Gasteiger partial charge in [-0.25, -0.2) is 4.98 Å². The smallest absolute Gasteiger partial charge is 0.254 e. The minimum absolute atomic E-state index is 0.0320. The number of para-hydroxylation sites is 2. The Morgan fingerprint density at radius 2 is 2.00 bits per heavy atom. The maximum atomic E-state index is 12.9. The number of carbonyl (C=O) groups excluding carboxylic acids is 1. The van der Waals surface area contributed by atoms with Gasteiger partial charge < -0.3 is 19.3 Å². The van der Waals surface area contributed by atoms with E-state index in [1.807, 2.05) is 50.2 Å². The zero-order chi connectivity index (χ0) is 17.8. The zero-order valence-corrected chi connectivity index (χ0v) is 14.8. The second kappa shape index (κ2) is 7.42. The molecule has 1 atom stereocenters. The Balaban J connectivity index is 1.70. The highest BCUT2D eigenvalue weighted by atomic mass is 16.6. The molecular formula is C19H23N3O3. The highest BCUT2D eigenvalue weighted by Gasteiger charge is 2.25. The molecule has 25 heavy (non-hydrogen) atoms. The van der Waals surface area contributed by atoms with Crippen LogP contribution in [0, 0.1) is 0 Å². The van der Waals surface area contributed by atoms with Crippen LogP contribution in [0.2, 0.25) is 0 Å². The lowest BCUT2D eigenvalue weighted by Gasteiger charge is -2.31. The average molecular weight is 341 g/mol. The third kappa shape index (κ3) is 3.84. The lowest BCUT2D eigenvalue weighted by Crippen LogP contribution is -2.43. The topological polar surface area (TPSA) is 54.9 Å². The van der Waals surface area contributed by atoms with Crippen molar-refractivity contribution in [2.45, 2.75) is 13.0 Å². The molecule has 1 aliphatic heterocycles. The molecule has 0 unspecified atom stereocenters. The Labute approximate surface area is 148 Å². The van der Waals surface area contributed by atoms with Crippen molar-refractivity contribution in [1.82, 2.24) is 9.88 Å². The molecule has 0 fully saturated rings. The number of hydrogen-bond acceptors (Lipinski definition) is 5. The first-order valence-electron chi connectivity index (χ1n) is 8.39. The molecule has 2 heterocycles. The third-order valence-corrected chi connectivity index (χ3v) is 4.11. The summed E-state index contributed by atoms with van der Waals surface area (Å²) < 4.78 is 11.7. The molecule has 6 nitrogen and oxygen atoms in total.